The Morgan fingerprint density at radius 1 is 1.31 bits per heavy atom. The van der Waals surface area contributed by atoms with Crippen LogP contribution in [-0.4, -0.2) is 71.8 Å². The van der Waals surface area contributed by atoms with E-state index >= 15 is 0 Å². The van der Waals surface area contributed by atoms with Gasteiger partial charge in [0.15, 0.2) is 0 Å². The quantitative estimate of drug-likeness (QED) is 0.787. The van der Waals surface area contributed by atoms with E-state index in [1.54, 1.807) is 6.92 Å². The highest BCUT2D eigenvalue weighted by Gasteiger charge is 2.35. The lowest BCUT2D eigenvalue weighted by molar-refractivity contribution is -0.144. The molecule has 0 radical (unpaired) electrons. The van der Waals surface area contributed by atoms with Crippen LogP contribution in [0.5, 0.6) is 0 Å². The zero-order valence-corrected chi connectivity index (χ0v) is 15.6. The number of rotatable bonds is 7. The minimum atomic E-state index is -4.42. The number of amides is 1. The average Bonchev–Trinajstić information content (AvgIpc) is 2.93. The smallest absolute Gasteiger partial charge is 0.356 e. The van der Waals surface area contributed by atoms with Gasteiger partial charge in [-0.1, -0.05) is 6.92 Å². The fraction of sp³-hybridized carbons (Fsp3) is 0.765. The summed E-state index contributed by atoms with van der Waals surface area (Å²) in [6.45, 7) is 8.42. The maximum atomic E-state index is 13.0. The van der Waals surface area contributed by atoms with Crippen LogP contribution < -0.4 is 5.32 Å². The lowest BCUT2D eigenvalue weighted by atomic mass is 10.1. The van der Waals surface area contributed by atoms with E-state index < -0.39 is 11.9 Å². The van der Waals surface area contributed by atoms with Gasteiger partial charge in [-0.3, -0.25) is 9.48 Å². The van der Waals surface area contributed by atoms with Crippen LogP contribution in [0.15, 0.2) is 6.07 Å². The molecule has 9 heteroatoms. The van der Waals surface area contributed by atoms with Crippen LogP contribution in [0.2, 0.25) is 0 Å². The molecule has 0 aromatic carbocycles. The molecule has 1 aliphatic heterocycles. The van der Waals surface area contributed by atoms with E-state index in [2.05, 4.69) is 27.3 Å². The third-order valence-corrected chi connectivity index (χ3v) is 4.58. The lowest BCUT2D eigenvalue weighted by Crippen LogP contribution is -2.45. The van der Waals surface area contributed by atoms with Gasteiger partial charge in [0.2, 0.25) is 5.91 Å². The summed E-state index contributed by atoms with van der Waals surface area (Å²) in [5.41, 5.74) is -0.413. The number of halogens is 3. The standard InChI is InChI=1S/C17H28F3N5O/c1-13(12-25-15(17(18,19)20)10-14(2)22-25)11-21-16(26)4-5-24-8-6-23(3)7-9-24/h10,13H,4-9,11-12H2,1-3H3,(H,21,26). The molecule has 6 nitrogen and oxygen atoms in total. The third kappa shape index (κ3) is 6.28. The van der Waals surface area contributed by atoms with E-state index in [1.807, 2.05) is 0 Å². The van der Waals surface area contributed by atoms with Crippen LogP contribution in [0.1, 0.15) is 24.7 Å². The molecule has 2 heterocycles. The topological polar surface area (TPSA) is 53.4 Å². The van der Waals surface area contributed by atoms with Crippen LogP contribution in [-0.2, 0) is 17.5 Å². The summed E-state index contributed by atoms with van der Waals surface area (Å²) in [5.74, 6) is -0.216. The molecule has 1 saturated heterocycles. The Labute approximate surface area is 152 Å². The Morgan fingerprint density at radius 3 is 2.58 bits per heavy atom. The average molecular weight is 375 g/mol. The monoisotopic (exact) mass is 375 g/mol. The maximum Gasteiger partial charge on any atom is 0.433 e. The Balaban J connectivity index is 1.73. The number of hydrogen-bond acceptors (Lipinski definition) is 4. The molecule has 0 aliphatic carbocycles. The molecule has 1 atom stereocenters. The van der Waals surface area contributed by atoms with Crippen molar-refractivity contribution >= 4 is 5.91 Å². The minimum Gasteiger partial charge on any atom is -0.356 e. The SMILES string of the molecule is Cc1cc(C(F)(F)F)n(CC(C)CNC(=O)CCN2CCN(C)CC2)n1. The maximum absolute atomic E-state index is 13.0. The molecule has 148 valence electrons. The number of carbonyl (C=O) groups is 1. The van der Waals surface area contributed by atoms with E-state index in [0.29, 0.717) is 25.2 Å². The Morgan fingerprint density at radius 2 is 1.96 bits per heavy atom. The van der Waals surface area contributed by atoms with E-state index in [4.69, 9.17) is 0 Å². The number of likely N-dealkylation sites (N-methyl/N-ethyl adjacent to an activating group) is 1. The second kappa shape index (κ2) is 8.85. The van der Waals surface area contributed by atoms with Crippen molar-refractivity contribution < 1.29 is 18.0 Å². The number of hydrogen-bond donors (Lipinski definition) is 1. The van der Waals surface area contributed by atoms with Crippen molar-refractivity contribution in [3.63, 3.8) is 0 Å². The predicted molar refractivity (Wildman–Crippen MR) is 92.7 cm³/mol. The summed E-state index contributed by atoms with van der Waals surface area (Å²) < 4.78 is 40.0. The van der Waals surface area contributed by atoms with Crippen molar-refractivity contribution in [2.75, 3.05) is 46.3 Å². The predicted octanol–water partition coefficient (Wildman–Crippen LogP) is 1.60. The first-order valence-electron chi connectivity index (χ1n) is 8.94. The normalized spacial score (nSPS) is 18.1. The number of nitrogens with zero attached hydrogens (tertiary/aromatic N) is 4. The summed E-state index contributed by atoms with van der Waals surface area (Å²) in [6.07, 6.45) is -4.02. The Hall–Kier alpha value is -1.61. The molecule has 0 spiro atoms. The van der Waals surface area contributed by atoms with Gasteiger partial charge in [0.05, 0.1) is 5.69 Å². The van der Waals surface area contributed by atoms with E-state index in [1.165, 1.54) is 6.92 Å². The van der Waals surface area contributed by atoms with Gasteiger partial charge in [-0.15, -0.1) is 0 Å². The van der Waals surface area contributed by atoms with Crippen LogP contribution in [0.25, 0.3) is 0 Å². The first-order valence-corrected chi connectivity index (χ1v) is 8.94. The number of carbonyl (C=O) groups excluding carboxylic acids is 1. The molecule has 0 bridgehead atoms. The molecular weight excluding hydrogens is 347 g/mol. The molecule has 0 saturated carbocycles. The van der Waals surface area contributed by atoms with Gasteiger partial charge in [0, 0.05) is 52.2 Å². The molecule has 2 rings (SSSR count). The van der Waals surface area contributed by atoms with Crippen LogP contribution in [0, 0.1) is 12.8 Å². The van der Waals surface area contributed by atoms with Crippen LogP contribution >= 0.6 is 0 Å². The number of aromatic nitrogens is 2. The minimum absolute atomic E-state index is 0.0662. The summed E-state index contributed by atoms with van der Waals surface area (Å²) in [7, 11) is 2.08. The summed E-state index contributed by atoms with van der Waals surface area (Å²) in [5, 5.41) is 6.74. The molecule has 26 heavy (non-hydrogen) atoms. The van der Waals surface area contributed by atoms with Gasteiger partial charge in [-0.05, 0) is 26.0 Å². The van der Waals surface area contributed by atoms with Gasteiger partial charge in [0.1, 0.15) is 5.69 Å². The van der Waals surface area contributed by atoms with Crippen LogP contribution in [0.4, 0.5) is 13.2 Å². The number of piperazine rings is 1. The fourth-order valence-electron chi connectivity index (χ4n) is 2.98. The van der Waals surface area contributed by atoms with E-state index in [9.17, 15) is 18.0 Å². The van der Waals surface area contributed by atoms with Crippen molar-refractivity contribution in [1.82, 2.24) is 24.9 Å². The molecule has 1 aromatic rings. The molecule has 1 unspecified atom stereocenters. The number of aryl methyl sites for hydroxylation is 1. The van der Waals surface area contributed by atoms with Gasteiger partial charge in [0.25, 0.3) is 0 Å². The number of nitrogens with one attached hydrogen (secondary N) is 1. The summed E-state index contributed by atoms with van der Waals surface area (Å²) in [6, 6.07) is 1.04. The molecule has 1 N–H and O–H groups in total. The zero-order chi connectivity index (χ0) is 19.3. The van der Waals surface area contributed by atoms with Crippen molar-refractivity contribution in [2.24, 2.45) is 5.92 Å². The Bertz CT molecular complexity index is 594. The highest BCUT2D eigenvalue weighted by Crippen LogP contribution is 2.30. The fourth-order valence-corrected chi connectivity index (χ4v) is 2.98. The van der Waals surface area contributed by atoms with Gasteiger partial charge < -0.3 is 15.1 Å². The largest absolute Gasteiger partial charge is 0.433 e. The molecule has 1 amide bonds. The molecular formula is C17H28F3N5O. The van der Waals surface area contributed by atoms with Crippen molar-refractivity contribution in [3.05, 3.63) is 17.5 Å². The first kappa shape index (κ1) is 20.7. The third-order valence-electron chi connectivity index (χ3n) is 4.58. The van der Waals surface area contributed by atoms with Gasteiger partial charge in [-0.25, -0.2) is 0 Å². The van der Waals surface area contributed by atoms with Crippen molar-refractivity contribution in [1.29, 1.82) is 0 Å². The molecule has 1 aliphatic rings. The second-order valence-corrected chi connectivity index (χ2v) is 7.15. The van der Waals surface area contributed by atoms with E-state index in [-0.39, 0.29) is 18.4 Å². The number of alkyl halides is 3. The zero-order valence-electron chi connectivity index (χ0n) is 15.6. The lowest BCUT2D eigenvalue weighted by Gasteiger charge is -2.32. The highest BCUT2D eigenvalue weighted by atomic mass is 19.4. The highest BCUT2D eigenvalue weighted by molar-refractivity contribution is 5.76. The summed E-state index contributed by atoms with van der Waals surface area (Å²) >= 11 is 0. The van der Waals surface area contributed by atoms with Crippen LogP contribution in [0.3, 0.4) is 0 Å². The van der Waals surface area contributed by atoms with E-state index in [0.717, 1.165) is 36.9 Å². The first-order chi connectivity index (χ1) is 12.1. The summed E-state index contributed by atoms with van der Waals surface area (Å²) in [4.78, 5) is 16.5. The van der Waals surface area contributed by atoms with Gasteiger partial charge >= 0.3 is 6.18 Å². The Kier molecular flexibility index (Phi) is 7.05. The van der Waals surface area contributed by atoms with Crippen molar-refractivity contribution in [2.45, 2.75) is 33.0 Å². The second-order valence-electron chi connectivity index (χ2n) is 7.15. The molecule has 1 fully saturated rings. The molecule has 1 aromatic heterocycles. The van der Waals surface area contributed by atoms with Crippen molar-refractivity contribution in [3.8, 4) is 0 Å². The van der Waals surface area contributed by atoms with Gasteiger partial charge in [-0.2, -0.15) is 18.3 Å².